The summed E-state index contributed by atoms with van der Waals surface area (Å²) >= 11 is 6.26. The summed E-state index contributed by atoms with van der Waals surface area (Å²) in [5.41, 5.74) is 3.33. The van der Waals surface area contributed by atoms with Gasteiger partial charge < -0.3 is 43.0 Å². The van der Waals surface area contributed by atoms with Crippen molar-refractivity contribution < 1.29 is 56.2 Å². The van der Waals surface area contributed by atoms with Crippen LogP contribution in [0.3, 0.4) is 0 Å². The maximum Gasteiger partial charge on any atom is 0.422 e. The Labute approximate surface area is 746 Å². The molecule has 6 fully saturated rings. The number of halogens is 3. The lowest BCUT2D eigenvalue weighted by Crippen LogP contribution is -2.26. The number of phenols is 1. The third-order valence-electron chi connectivity index (χ3n) is 21.8. The number of hydrogen-bond donors (Lipinski definition) is 1. The number of phenolic OH excluding ortho intramolecular Hbond substituents is 1. The lowest BCUT2D eigenvalue weighted by atomic mass is 9.84. The molecule has 0 bridgehead atoms. The average Bonchev–Trinajstić information content (AvgIpc) is 0.781. The van der Waals surface area contributed by atoms with Gasteiger partial charge in [-0.25, -0.2) is 0 Å². The molecule has 0 amide bonds. The minimum absolute atomic E-state index is 0.0853. The molecule has 0 radical (unpaired) electrons. The SMILES string of the molecule is CC(C)(C)c1ccc([S+]2CCOCC2)c2ccccc12.CC(C)(C)c1ccc([S+]2CCSCC2)c2ccccc12.COCCOc1ccc([S+]2CCOCC2)c2ccccc12.COCCOc1ccc([S+]2CCSCC2)c2ccccc12.FC(F)(F)COc1ccc([S+]2CCOCC2)c2ccccc12.Oc1ccc([S+]2CCSCC2)c2ccccc12. The van der Waals surface area contributed by atoms with Crippen LogP contribution in [0.5, 0.6) is 23.0 Å². The van der Waals surface area contributed by atoms with E-state index in [9.17, 15) is 18.3 Å². The van der Waals surface area contributed by atoms with E-state index in [1.807, 2.05) is 48.5 Å². The molecular formula is C100H119F3O9S9+6. The summed E-state index contributed by atoms with van der Waals surface area (Å²) in [7, 11) is 5.37. The molecule has 6 aliphatic rings. The van der Waals surface area contributed by atoms with Gasteiger partial charge in [0.2, 0.25) is 0 Å². The number of alkyl halides is 3. The van der Waals surface area contributed by atoms with Gasteiger partial charge in [-0.05, 0) is 130 Å². The van der Waals surface area contributed by atoms with E-state index in [1.165, 1.54) is 165 Å². The van der Waals surface area contributed by atoms with E-state index in [0.717, 1.165) is 90.3 Å². The third-order valence-corrected chi connectivity index (χ3v) is 40.3. The zero-order valence-corrected chi connectivity index (χ0v) is 78.7. The topological polar surface area (TPSA) is 94.1 Å². The Hall–Kier alpha value is -5.86. The molecule has 1 N–H and O–H groups in total. The zero-order chi connectivity index (χ0) is 84.6. The molecular weight excluding hydrogens is 1690 g/mol. The Balaban J connectivity index is 0.000000125. The second-order valence-electron chi connectivity index (χ2n) is 31.9. The normalized spacial score (nSPS) is 17.0. The van der Waals surface area contributed by atoms with Crippen molar-refractivity contribution in [3.8, 4) is 23.0 Å². The molecule has 12 aromatic carbocycles. The van der Waals surface area contributed by atoms with Gasteiger partial charge in [0.15, 0.2) is 36.0 Å². The fourth-order valence-electron chi connectivity index (χ4n) is 15.8. The molecule has 12 aromatic rings. The van der Waals surface area contributed by atoms with Gasteiger partial charge >= 0.3 is 6.18 Å². The Morgan fingerprint density at radius 2 is 0.529 bits per heavy atom. The van der Waals surface area contributed by atoms with E-state index < -0.39 is 12.8 Å². The maximum atomic E-state index is 12.4. The highest BCUT2D eigenvalue weighted by Gasteiger charge is 2.36. The van der Waals surface area contributed by atoms with Crippen molar-refractivity contribution in [2.75, 3.05) is 190 Å². The number of ether oxygens (including phenoxy) is 8. The van der Waals surface area contributed by atoms with E-state index in [1.54, 1.807) is 25.2 Å². The summed E-state index contributed by atoms with van der Waals surface area (Å²) in [5, 5.41) is 24.8. The van der Waals surface area contributed by atoms with E-state index in [2.05, 4.69) is 241 Å². The largest absolute Gasteiger partial charge is 0.507 e. The molecule has 642 valence electrons. The van der Waals surface area contributed by atoms with Gasteiger partial charge in [0.1, 0.15) is 105 Å². The van der Waals surface area contributed by atoms with Crippen molar-refractivity contribution >= 4 is 165 Å². The monoisotopic (exact) mass is 1810 g/mol. The summed E-state index contributed by atoms with van der Waals surface area (Å²) in [6.45, 7) is 20.0. The first-order chi connectivity index (χ1) is 58.8. The number of aromatic hydroxyl groups is 1. The van der Waals surface area contributed by atoms with Crippen molar-refractivity contribution in [1.82, 2.24) is 0 Å². The Morgan fingerprint density at radius 3 is 0.818 bits per heavy atom. The van der Waals surface area contributed by atoms with E-state index in [-0.39, 0.29) is 27.5 Å². The smallest absolute Gasteiger partial charge is 0.422 e. The first kappa shape index (κ1) is 92.8. The molecule has 0 unspecified atom stereocenters. The van der Waals surface area contributed by atoms with Crippen molar-refractivity contribution in [1.29, 1.82) is 0 Å². The van der Waals surface area contributed by atoms with Crippen molar-refractivity contribution in [3.63, 3.8) is 0 Å². The molecule has 121 heavy (non-hydrogen) atoms. The highest BCUT2D eigenvalue weighted by molar-refractivity contribution is 8.06. The fraction of sp³-hybridized carbons (Fsp3) is 0.400. The van der Waals surface area contributed by atoms with Crippen LogP contribution < -0.4 is 14.2 Å². The number of methoxy groups -OCH3 is 2. The van der Waals surface area contributed by atoms with Crippen LogP contribution in [-0.2, 0) is 99.9 Å². The number of thioether (sulfide) groups is 3. The average molecular weight is 1810 g/mol. The zero-order valence-electron chi connectivity index (χ0n) is 71.3. The van der Waals surface area contributed by atoms with Crippen LogP contribution in [0.25, 0.3) is 64.6 Å². The second-order valence-corrected chi connectivity index (χ2v) is 49.1. The Morgan fingerprint density at radius 1 is 0.289 bits per heavy atom. The Bertz CT molecular complexity index is 5060. The molecule has 6 heterocycles. The van der Waals surface area contributed by atoms with Gasteiger partial charge in [-0.3, -0.25) is 0 Å². The minimum Gasteiger partial charge on any atom is -0.507 e. The third kappa shape index (κ3) is 25.3. The van der Waals surface area contributed by atoms with Crippen molar-refractivity contribution in [2.45, 2.75) is 87.9 Å². The lowest BCUT2D eigenvalue weighted by molar-refractivity contribution is -0.153. The molecule has 6 aliphatic heterocycles. The van der Waals surface area contributed by atoms with Gasteiger partial charge in [0.25, 0.3) is 0 Å². The summed E-state index contributed by atoms with van der Waals surface area (Å²) in [4.78, 5) is 8.75. The molecule has 0 aliphatic carbocycles. The predicted octanol–water partition coefficient (Wildman–Crippen LogP) is 22.5. The standard InChI is InChI=1S/C18H23OS.C18H23S2.C17H21O3S.C17H21O2S2.C16H16F3O2S.C14H14OS2/c2*1-18(2,3)16-8-9-17(20-12-10-19-11-13-20)15-7-5-4-6-14(15)16;1-18-8-9-20-16-6-7-17(21-12-10-19-11-13-21)15-5-3-2-4-14(15)16;1-18-8-9-19-16-6-7-17(21-12-10-20-11-13-21)15-5-3-2-4-14(15)16;17-16(18,19)11-21-14-5-6-15(22-9-7-20-8-10-22)13-4-2-1-3-12(13)14;15-13-5-6-14(17-9-7-16-8-10-17)12-4-2-1-3-11(12)13/h2*4-9H,10-13H2,1-3H3;2*2-7H,8-13H2,1H3;1-6H,7-11H2;1-6H,7-10H2/q5*+1;/p+1. The van der Waals surface area contributed by atoms with Crippen LogP contribution in [0.4, 0.5) is 13.2 Å². The maximum absolute atomic E-state index is 12.4. The van der Waals surface area contributed by atoms with Crippen LogP contribution in [0.1, 0.15) is 52.7 Å². The van der Waals surface area contributed by atoms with Gasteiger partial charge in [-0.15, -0.1) is 0 Å². The highest BCUT2D eigenvalue weighted by Crippen LogP contribution is 2.42. The number of hydrogen-bond acceptors (Lipinski definition) is 12. The highest BCUT2D eigenvalue weighted by atomic mass is 32.2. The molecule has 9 nitrogen and oxygen atoms in total. The van der Waals surface area contributed by atoms with Crippen LogP contribution >= 0.6 is 35.3 Å². The number of fused-ring (bicyclic) bond motifs is 6. The van der Waals surface area contributed by atoms with Gasteiger partial charge in [-0.2, -0.15) is 48.5 Å². The molecule has 6 saturated heterocycles. The predicted molar refractivity (Wildman–Crippen MR) is 526 cm³/mol. The van der Waals surface area contributed by atoms with E-state index >= 15 is 0 Å². The summed E-state index contributed by atoms with van der Waals surface area (Å²) in [6.07, 6.45) is -4.33. The molecule has 21 heteroatoms. The number of benzene rings is 12. The van der Waals surface area contributed by atoms with Crippen LogP contribution in [-0.4, -0.2) is 202 Å². The first-order valence-electron chi connectivity index (χ1n) is 42.1. The van der Waals surface area contributed by atoms with Crippen molar-refractivity contribution in [2.24, 2.45) is 0 Å². The molecule has 0 saturated carbocycles. The number of rotatable bonds is 16. The lowest BCUT2D eigenvalue weighted by Gasteiger charge is -2.23. The van der Waals surface area contributed by atoms with Gasteiger partial charge in [0, 0.05) is 168 Å². The minimum atomic E-state index is -4.33. The van der Waals surface area contributed by atoms with Crippen LogP contribution in [0, 0.1) is 0 Å². The quantitative estimate of drug-likeness (QED) is 0.0737. The van der Waals surface area contributed by atoms with Crippen molar-refractivity contribution in [3.05, 3.63) is 230 Å². The fourth-order valence-corrected chi connectivity index (χ4v) is 34.4. The van der Waals surface area contributed by atoms with Gasteiger partial charge in [0.05, 0.1) is 52.9 Å². The van der Waals surface area contributed by atoms with E-state index in [0.29, 0.717) is 86.7 Å². The van der Waals surface area contributed by atoms with Crippen LogP contribution in [0.2, 0.25) is 0 Å². The Kier molecular flexibility index (Phi) is 35.3. The van der Waals surface area contributed by atoms with E-state index in [4.69, 9.17) is 37.9 Å². The van der Waals surface area contributed by atoms with Gasteiger partial charge in [-0.1, -0.05) is 163 Å². The van der Waals surface area contributed by atoms with Crippen LogP contribution in [0.15, 0.2) is 248 Å². The molecule has 0 atom stereocenters. The summed E-state index contributed by atoms with van der Waals surface area (Å²) in [5.74, 6) is 24.9. The summed E-state index contributed by atoms with van der Waals surface area (Å²) in [6, 6.07) is 76.6. The second kappa shape index (κ2) is 46.0. The molecule has 0 spiro atoms. The first-order valence-corrected chi connectivity index (χ1v) is 54.9. The molecule has 18 rings (SSSR count). The molecule has 0 aromatic heterocycles. The summed E-state index contributed by atoms with van der Waals surface area (Å²) < 4.78 is 80.4.